The molecule has 224 valence electrons. The maximum atomic E-state index is 14.3. The SMILES string of the molecule is CCS(=O)(=O)N(CC(=O)N(Cc1cccc(Br)c1)C(Cc1ccccc1)C(=O)NC(C)C)c1ccc2c(c1)OCCO2. The van der Waals surface area contributed by atoms with E-state index in [0.717, 1.165) is 19.9 Å². The highest BCUT2D eigenvalue weighted by atomic mass is 79.9. The van der Waals surface area contributed by atoms with Crippen molar-refractivity contribution in [2.45, 2.75) is 45.8 Å². The minimum absolute atomic E-state index is 0.0996. The quantitative estimate of drug-likeness (QED) is 0.307. The van der Waals surface area contributed by atoms with E-state index in [2.05, 4.69) is 21.2 Å². The number of rotatable bonds is 12. The van der Waals surface area contributed by atoms with Crippen LogP contribution < -0.4 is 19.1 Å². The van der Waals surface area contributed by atoms with Crippen LogP contribution >= 0.6 is 15.9 Å². The fraction of sp³-hybridized carbons (Fsp3) is 0.355. The van der Waals surface area contributed by atoms with Gasteiger partial charge in [0.2, 0.25) is 21.8 Å². The average Bonchev–Trinajstić information content (AvgIpc) is 2.97. The van der Waals surface area contributed by atoms with Crippen LogP contribution in [0.5, 0.6) is 11.5 Å². The molecule has 0 fully saturated rings. The van der Waals surface area contributed by atoms with Gasteiger partial charge in [0.25, 0.3) is 0 Å². The van der Waals surface area contributed by atoms with Gasteiger partial charge in [-0.05, 0) is 56.2 Å². The summed E-state index contributed by atoms with van der Waals surface area (Å²) in [7, 11) is -3.89. The molecule has 0 bridgehead atoms. The van der Waals surface area contributed by atoms with Crippen molar-refractivity contribution in [2.24, 2.45) is 0 Å². The van der Waals surface area contributed by atoms with Crippen LogP contribution in [0.15, 0.2) is 77.3 Å². The number of anilines is 1. The molecular formula is C31H36BrN3O6S. The maximum Gasteiger partial charge on any atom is 0.244 e. The molecule has 0 spiro atoms. The average molecular weight is 659 g/mol. The van der Waals surface area contributed by atoms with Gasteiger partial charge in [-0.1, -0.05) is 58.4 Å². The number of amides is 2. The number of hydrogen-bond donors (Lipinski definition) is 1. The second-order valence-electron chi connectivity index (χ2n) is 10.3. The van der Waals surface area contributed by atoms with Gasteiger partial charge in [-0.15, -0.1) is 0 Å². The molecule has 0 saturated heterocycles. The van der Waals surface area contributed by atoms with Crippen molar-refractivity contribution in [1.82, 2.24) is 10.2 Å². The van der Waals surface area contributed by atoms with Crippen LogP contribution in [0.25, 0.3) is 0 Å². The molecule has 1 N–H and O–H groups in total. The van der Waals surface area contributed by atoms with E-state index >= 15 is 0 Å². The Morgan fingerprint density at radius 3 is 2.29 bits per heavy atom. The van der Waals surface area contributed by atoms with E-state index < -0.39 is 28.5 Å². The Morgan fingerprint density at radius 1 is 0.929 bits per heavy atom. The van der Waals surface area contributed by atoms with E-state index in [4.69, 9.17) is 9.47 Å². The first-order valence-electron chi connectivity index (χ1n) is 13.9. The smallest absolute Gasteiger partial charge is 0.244 e. The van der Waals surface area contributed by atoms with Crippen LogP contribution in [0.2, 0.25) is 0 Å². The third-order valence-electron chi connectivity index (χ3n) is 6.74. The van der Waals surface area contributed by atoms with E-state index in [-0.39, 0.29) is 36.4 Å². The van der Waals surface area contributed by atoms with Crippen LogP contribution in [0, 0.1) is 0 Å². The molecule has 1 unspecified atom stereocenters. The summed E-state index contributed by atoms with van der Waals surface area (Å²) in [5.74, 6) is -0.133. The first kappa shape index (κ1) is 31.4. The molecule has 0 aromatic heterocycles. The van der Waals surface area contributed by atoms with E-state index in [1.165, 1.54) is 11.8 Å². The summed E-state index contributed by atoms with van der Waals surface area (Å²) >= 11 is 3.49. The van der Waals surface area contributed by atoms with Crippen molar-refractivity contribution in [2.75, 3.05) is 29.8 Å². The third-order valence-corrected chi connectivity index (χ3v) is 8.97. The Bertz CT molecular complexity index is 1500. The predicted octanol–water partition coefficient (Wildman–Crippen LogP) is 4.54. The summed E-state index contributed by atoms with van der Waals surface area (Å²) in [6, 6.07) is 20.7. The molecule has 3 aromatic rings. The molecule has 11 heteroatoms. The van der Waals surface area contributed by atoms with Crippen molar-refractivity contribution in [1.29, 1.82) is 0 Å². The lowest BCUT2D eigenvalue weighted by molar-refractivity contribution is -0.140. The Kier molecular flexibility index (Phi) is 10.5. The summed E-state index contributed by atoms with van der Waals surface area (Å²) < 4.78 is 39.9. The normalized spacial score (nSPS) is 13.4. The second kappa shape index (κ2) is 14.1. The van der Waals surface area contributed by atoms with Crippen molar-refractivity contribution in [3.05, 3.63) is 88.4 Å². The molecule has 1 atom stereocenters. The van der Waals surface area contributed by atoms with Crippen molar-refractivity contribution < 1.29 is 27.5 Å². The van der Waals surface area contributed by atoms with E-state index in [1.807, 2.05) is 68.4 Å². The number of ether oxygens (including phenoxy) is 2. The number of benzene rings is 3. The highest BCUT2D eigenvalue weighted by molar-refractivity contribution is 9.10. The van der Waals surface area contributed by atoms with Gasteiger partial charge in [-0.25, -0.2) is 8.42 Å². The topological polar surface area (TPSA) is 105 Å². The second-order valence-corrected chi connectivity index (χ2v) is 13.4. The largest absolute Gasteiger partial charge is 0.486 e. The zero-order chi connectivity index (χ0) is 30.3. The standard InChI is InChI=1S/C31H36BrN3O6S/c1-4-42(38,39)35(26-13-14-28-29(19-26)41-16-15-40-28)21-30(36)34(20-24-11-8-12-25(32)17-24)27(31(37)33-22(2)3)18-23-9-6-5-7-10-23/h5-14,17,19,22,27H,4,15-16,18,20-21H2,1-3H3,(H,33,37). The fourth-order valence-corrected chi connectivity index (χ4v) is 6.17. The summed E-state index contributed by atoms with van der Waals surface area (Å²) in [5, 5.41) is 2.95. The Balaban J connectivity index is 1.75. The van der Waals surface area contributed by atoms with E-state index in [0.29, 0.717) is 24.7 Å². The number of carbonyl (C=O) groups is 2. The Morgan fingerprint density at radius 2 is 1.62 bits per heavy atom. The minimum atomic E-state index is -3.89. The molecule has 1 aliphatic heterocycles. The van der Waals surface area contributed by atoms with Gasteiger partial charge in [0, 0.05) is 29.5 Å². The lowest BCUT2D eigenvalue weighted by Crippen LogP contribution is -2.54. The molecule has 4 rings (SSSR count). The lowest BCUT2D eigenvalue weighted by Gasteiger charge is -2.34. The van der Waals surface area contributed by atoms with Gasteiger partial charge in [0.15, 0.2) is 11.5 Å². The van der Waals surface area contributed by atoms with Crippen molar-refractivity contribution in [3.63, 3.8) is 0 Å². The Hall–Kier alpha value is -3.57. The van der Waals surface area contributed by atoms with E-state index in [1.54, 1.807) is 18.2 Å². The molecule has 1 heterocycles. The predicted molar refractivity (Wildman–Crippen MR) is 166 cm³/mol. The van der Waals surface area contributed by atoms with Crippen LogP contribution in [-0.2, 0) is 32.6 Å². The number of halogens is 1. The van der Waals surface area contributed by atoms with Crippen molar-refractivity contribution in [3.8, 4) is 11.5 Å². The number of fused-ring (bicyclic) bond motifs is 1. The summed E-state index contributed by atoms with van der Waals surface area (Å²) in [4.78, 5) is 29.4. The molecule has 2 amide bonds. The highest BCUT2D eigenvalue weighted by Gasteiger charge is 2.34. The molecule has 42 heavy (non-hydrogen) atoms. The molecule has 0 saturated carbocycles. The number of carbonyl (C=O) groups excluding carboxylic acids is 2. The van der Waals surface area contributed by atoms with Gasteiger partial charge >= 0.3 is 0 Å². The van der Waals surface area contributed by atoms with Crippen LogP contribution in [0.3, 0.4) is 0 Å². The summed E-state index contributed by atoms with van der Waals surface area (Å²) in [6.45, 7) is 5.58. The summed E-state index contributed by atoms with van der Waals surface area (Å²) in [6.07, 6.45) is 0.254. The molecule has 0 radical (unpaired) electrons. The van der Waals surface area contributed by atoms with Crippen LogP contribution in [0.4, 0.5) is 5.69 Å². The van der Waals surface area contributed by atoms with Gasteiger partial charge in [-0.2, -0.15) is 0 Å². The Labute approximate surface area is 256 Å². The van der Waals surface area contributed by atoms with Gasteiger partial charge in [0.05, 0.1) is 11.4 Å². The lowest BCUT2D eigenvalue weighted by atomic mass is 10.0. The molecular weight excluding hydrogens is 622 g/mol. The maximum absolute atomic E-state index is 14.3. The fourth-order valence-electron chi connectivity index (χ4n) is 4.67. The van der Waals surface area contributed by atoms with Crippen LogP contribution in [-0.4, -0.2) is 62.7 Å². The van der Waals surface area contributed by atoms with Crippen LogP contribution in [0.1, 0.15) is 31.9 Å². The first-order chi connectivity index (χ1) is 20.1. The zero-order valence-electron chi connectivity index (χ0n) is 24.0. The monoisotopic (exact) mass is 657 g/mol. The minimum Gasteiger partial charge on any atom is -0.486 e. The number of nitrogens with zero attached hydrogens (tertiary/aromatic N) is 2. The van der Waals surface area contributed by atoms with E-state index in [9.17, 15) is 18.0 Å². The first-order valence-corrected chi connectivity index (χ1v) is 16.3. The number of hydrogen-bond acceptors (Lipinski definition) is 6. The van der Waals surface area contributed by atoms with Gasteiger partial charge in [0.1, 0.15) is 25.8 Å². The highest BCUT2D eigenvalue weighted by Crippen LogP contribution is 2.35. The third kappa shape index (κ3) is 8.04. The molecule has 0 aliphatic carbocycles. The molecule has 3 aromatic carbocycles. The van der Waals surface area contributed by atoms with Gasteiger partial charge < -0.3 is 19.7 Å². The van der Waals surface area contributed by atoms with Gasteiger partial charge in [-0.3, -0.25) is 13.9 Å². The molecule has 1 aliphatic rings. The number of nitrogens with one attached hydrogen (secondary N) is 1. The zero-order valence-corrected chi connectivity index (χ0v) is 26.4. The summed E-state index contributed by atoms with van der Waals surface area (Å²) in [5.41, 5.74) is 1.94. The van der Waals surface area contributed by atoms with Crippen molar-refractivity contribution >= 4 is 43.5 Å². The number of sulfonamides is 1. The molecule has 9 nitrogen and oxygen atoms in total.